The lowest BCUT2D eigenvalue weighted by Gasteiger charge is -2.28. The van der Waals surface area contributed by atoms with Crippen LogP contribution in [0, 0.1) is 0 Å². The van der Waals surface area contributed by atoms with Gasteiger partial charge in [0.15, 0.2) is 11.5 Å². The van der Waals surface area contributed by atoms with E-state index in [1.807, 2.05) is 62.5 Å². The fraction of sp³-hybridized carbons (Fsp3) is 0.286. The Balaban J connectivity index is 1.51. The Kier molecular flexibility index (Phi) is 4.07. The van der Waals surface area contributed by atoms with Crippen LogP contribution in [-0.4, -0.2) is 24.1 Å². The first-order valence-corrected chi connectivity index (χ1v) is 8.79. The Morgan fingerprint density at radius 2 is 1.88 bits per heavy atom. The Morgan fingerprint density at radius 3 is 2.73 bits per heavy atom. The molecule has 1 aromatic heterocycles. The second-order valence-corrected chi connectivity index (χ2v) is 7.07. The van der Waals surface area contributed by atoms with E-state index in [1.54, 1.807) is 0 Å². The molecule has 3 aromatic rings. The van der Waals surface area contributed by atoms with E-state index in [0.29, 0.717) is 19.6 Å². The van der Waals surface area contributed by atoms with Crippen LogP contribution in [0.3, 0.4) is 0 Å². The molecule has 4 rings (SSSR count). The molecule has 2 N–H and O–H groups in total. The highest BCUT2D eigenvalue weighted by Gasteiger charge is 2.25. The summed E-state index contributed by atoms with van der Waals surface area (Å²) in [4.78, 5) is 15.9. The summed E-state index contributed by atoms with van der Waals surface area (Å²) in [7, 11) is 0. The number of carbonyl (C=O) groups excluding carboxylic acids is 1. The number of benzene rings is 2. The van der Waals surface area contributed by atoms with Crippen molar-refractivity contribution in [3.05, 3.63) is 59.8 Å². The van der Waals surface area contributed by atoms with Gasteiger partial charge in [0.2, 0.25) is 5.91 Å². The molecule has 0 radical (unpaired) electrons. The zero-order valence-corrected chi connectivity index (χ0v) is 15.0. The molecule has 1 aliphatic heterocycles. The minimum atomic E-state index is -0.515. The van der Waals surface area contributed by atoms with Crippen molar-refractivity contribution in [1.82, 2.24) is 10.3 Å². The second-order valence-electron chi connectivity index (χ2n) is 7.07. The van der Waals surface area contributed by atoms with Crippen molar-refractivity contribution in [2.45, 2.75) is 25.8 Å². The van der Waals surface area contributed by atoms with Gasteiger partial charge in [-0.25, -0.2) is 0 Å². The zero-order chi connectivity index (χ0) is 18.1. The maximum absolute atomic E-state index is 12.7. The SMILES string of the molecule is CC(C)(NC(=O)Cc1c[nH]c2ccccc12)c1ccc2c(c1)OCCO2. The van der Waals surface area contributed by atoms with Crippen molar-refractivity contribution < 1.29 is 14.3 Å². The molecular formula is C21H22N2O3. The Hall–Kier alpha value is -2.95. The molecule has 0 atom stereocenters. The van der Waals surface area contributed by atoms with E-state index >= 15 is 0 Å². The van der Waals surface area contributed by atoms with E-state index in [0.717, 1.165) is 33.5 Å². The van der Waals surface area contributed by atoms with Crippen LogP contribution in [0.2, 0.25) is 0 Å². The van der Waals surface area contributed by atoms with Gasteiger partial charge in [-0.3, -0.25) is 4.79 Å². The van der Waals surface area contributed by atoms with Crippen LogP contribution in [-0.2, 0) is 16.8 Å². The van der Waals surface area contributed by atoms with Crippen LogP contribution in [0.4, 0.5) is 0 Å². The van der Waals surface area contributed by atoms with E-state index in [2.05, 4.69) is 10.3 Å². The number of ether oxygens (including phenoxy) is 2. The van der Waals surface area contributed by atoms with E-state index in [1.165, 1.54) is 0 Å². The van der Waals surface area contributed by atoms with Gasteiger partial charge in [0, 0.05) is 17.1 Å². The summed E-state index contributed by atoms with van der Waals surface area (Å²) in [5, 5.41) is 4.22. The van der Waals surface area contributed by atoms with Crippen molar-refractivity contribution in [3.63, 3.8) is 0 Å². The number of aromatic amines is 1. The van der Waals surface area contributed by atoms with E-state index in [4.69, 9.17) is 9.47 Å². The van der Waals surface area contributed by atoms with Crippen LogP contribution >= 0.6 is 0 Å². The molecule has 2 aromatic carbocycles. The van der Waals surface area contributed by atoms with Gasteiger partial charge in [0.25, 0.3) is 0 Å². The van der Waals surface area contributed by atoms with Crippen molar-refractivity contribution in [2.24, 2.45) is 0 Å². The van der Waals surface area contributed by atoms with Gasteiger partial charge in [0.05, 0.1) is 12.0 Å². The monoisotopic (exact) mass is 350 g/mol. The average molecular weight is 350 g/mol. The highest BCUT2D eigenvalue weighted by atomic mass is 16.6. The summed E-state index contributed by atoms with van der Waals surface area (Å²) < 4.78 is 11.2. The highest BCUT2D eigenvalue weighted by molar-refractivity contribution is 5.89. The van der Waals surface area contributed by atoms with Crippen LogP contribution in [0.1, 0.15) is 25.0 Å². The number of hydrogen-bond donors (Lipinski definition) is 2. The quantitative estimate of drug-likeness (QED) is 0.757. The summed E-state index contributed by atoms with van der Waals surface area (Å²) in [5.41, 5.74) is 2.51. The predicted molar refractivity (Wildman–Crippen MR) is 101 cm³/mol. The van der Waals surface area contributed by atoms with E-state index in [-0.39, 0.29) is 5.91 Å². The van der Waals surface area contributed by atoms with Crippen LogP contribution < -0.4 is 14.8 Å². The molecule has 0 saturated heterocycles. The molecule has 134 valence electrons. The first-order chi connectivity index (χ1) is 12.5. The summed E-state index contributed by atoms with van der Waals surface area (Å²) in [5.74, 6) is 1.46. The molecule has 0 aliphatic carbocycles. The number of aromatic nitrogens is 1. The number of rotatable bonds is 4. The van der Waals surface area contributed by atoms with Gasteiger partial charge in [-0.1, -0.05) is 24.3 Å². The van der Waals surface area contributed by atoms with Crippen LogP contribution in [0.15, 0.2) is 48.7 Å². The molecule has 5 heteroatoms. The summed E-state index contributed by atoms with van der Waals surface area (Å²) >= 11 is 0. The molecule has 26 heavy (non-hydrogen) atoms. The third-order valence-corrected chi connectivity index (χ3v) is 4.74. The third kappa shape index (κ3) is 3.12. The highest BCUT2D eigenvalue weighted by Crippen LogP contribution is 2.34. The molecule has 5 nitrogen and oxygen atoms in total. The number of amides is 1. The Bertz CT molecular complexity index is 959. The topological polar surface area (TPSA) is 63.4 Å². The van der Waals surface area contributed by atoms with Gasteiger partial charge < -0.3 is 19.8 Å². The van der Waals surface area contributed by atoms with E-state index in [9.17, 15) is 4.79 Å². The van der Waals surface area contributed by atoms with Crippen molar-refractivity contribution >= 4 is 16.8 Å². The molecule has 0 saturated carbocycles. The van der Waals surface area contributed by atoms with Gasteiger partial charge in [0.1, 0.15) is 13.2 Å². The number of H-pyrrole nitrogens is 1. The smallest absolute Gasteiger partial charge is 0.225 e. The lowest BCUT2D eigenvalue weighted by atomic mass is 9.93. The number of hydrogen-bond acceptors (Lipinski definition) is 3. The maximum Gasteiger partial charge on any atom is 0.225 e. The molecule has 0 bridgehead atoms. The zero-order valence-electron chi connectivity index (χ0n) is 15.0. The Morgan fingerprint density at radius 1 is 1.12 bits per heavy atom. The van der Waals surface area contributed by atoms with Gasteiger partial charge in [-0.15, -0.1) is 0 Å². The predicted octanol–water partition coefficient (Wildman–Crippen LogP) is 3.53. The molecular weight excluding hydrogens is 328 g/mol. The van der Waals surface area contributed by atoms with Crippen molar-refractivity contribution in [3.8, 4) is 11.5 Å². The van der Waals surface area contributed by atoms with Crippen LogP contribution in [0.25, 0.3) is 10.9 Å². The third-order valence-electron chi connectivity index (χ3n) is 4.74. The Labute approximate surface area is 152 Å². The number of carbonyl (C=O) groups is 1. The number of fused-ring (bicyclic) bond motifs is 2. The fourth-order valence-corrected chi connectivity index (χ4v) is 3.35. The first kappa shape index (κ1) is 16.5. The largest absolute Gasteiger partial charge is 0.486 e. The molecule has 0 spiro atoms. The maximum atomic E-state index is 12.7. The molecule has 1 aliphatic rings. The average Bonchev–Trinajstić information content (AvgIpc) is 3.04. The van der Waals surface area contributed by atoms with Gasteiger partial charge in [-0.2, -0.15) is 0 Å². The second kappa shape index (κ2) is 6.41. The van der Waals surface area contributed by atoms with Gasteiger partial charge >= 0.3 is 0 Å². The molecule has 2 heterocycles. The lowest BCUT2D eigenvalue weighted by Crippen LogP contribution is -2.41. The summed E-state index contributed by atoms with van der Waals surface area (Å²) in [6.45, 7) is 5.10. The molecule has 0 fully saturated rings. The van der Waals surface area contributed by atoms with E-state index < -0.39 is 5.54 Å². The van der Waals surface area contributed by atoms with Crippen molar-refractivity contribution in [2.75, 3.05) is 13.2 Å². The minimum Gasteiger partial charge on any atom is -0.486 e. The summed E-state index contributed by atoms with van der Waals surface area (Å²) in [6.07, 6.45) is 2.24. The summed E-state index contributed by atoms with van der Waals surface area (Å²) in [6, 6.07) is 13.8. The molecule has 1 amide bonds. The number of para-hydroxylation sites is 1. The normalized spacial score (nSPS) is 13.6. The lowest BCUT2D eigenvalue weighted by molar-refractivity contribution is -0.122. The first-order valence-electron chi connectivity index (χ1n) is 8.79. The number of nitrogens with one attached hydrogen (secondary N) is 2. The standard InChI is InChI=1S/C21H22N2O3/c1-21(2,15-7-8-18-19(12-15)26-10-9-25-18)23-20(24)11-14-13-22-17-6-4-3-5-16(14)17/h3-8,12-13,22H,9-11H2,1-2H3,(H,23,24). The minimum absolute atomic E-state index is 0.0188. The molecule has 0 unspecified atom stereocenters. The van der Waals surface area contributed by atoms with Crippen molar-refractivity contribution in [1.29, 1.82) is 0 Å². The fourth-order valence-electron chi connectivity index (χ4n) is 3.35. The van der Waals surface area contributed by atoms with Gasteiger partial charge in [-0.05, 0) is 43.2 Å². The van der Waals surface area contributed by atoms with Crippen LogP contribution in [0.5, 0.6) is 11.5 Å².